The second kappa shape index (κ2) is 7.41. The van der Waals surface area contributed by atoms with Crippen LogP contribution < -0.4 is 5.32 Å². The molecule has 1 unspecified atom stereocenters. The Hall–Kier alpha value is -2.45. The van der Waals surface area contributed by atoms with Crippen molar-refractivity contribution < 1.29 is 22.0 Å². The van der Waals surface area contributed by atoms with Crippen LogP contribution in [0.15, 0.2) is 36.6 Å². The van der Waals surface area contributed by atoms with Gasteiger partial charge in [0, 0.05) is 17.8 Å². The molecule has 9 heteroatoms. The molecule has 1 aromatic heterocycles. The topological polar surface area (TPSA) is 42.7 Å². The van der Waals surface area contributed by atoms with Crippen LogP contribution in [0.25, 0.3) is 12.3 Å². The fourth-order valence-corrected chi connectivity index (χ4v) is 2.07. The van der Waals surface area contributed by atoms with E-state index in [4.69, 9.17) is 0 Å². The molecular weight excluding hydrogens is 331 g/mol. The first kappa shape index (κ1) is 17.9. The molecule has 0 fully saturated rings. The highest BCUT2D eigenvalue weighted by Gasteiger charge is 2.26. The third-order valence-corrected chi connectivity index (χ3v) is 3.23. The van der Waals surface area contributed by atoms with Gasteiger partial charge in [0.15, 0.2) is 5.82 Å². The first-order valence-corrected chi connectivity index (χ1v) is 7.03. The third kappa shape index (κ3) is 4.77. The van der Waals surface area contributed by atoms with Crippen LogP contribution in [0.1, 0.15) is 24.5 Å². The van der Waals surface area contributed by atoms with Gasteiger partial charge in [0.05, 0.1) is 0 Å². The van der Waals surface area contributed by atoms with Crippen molar-refractivity contribution in [2.24, 2.45) is 5.92 Å². The zero-order valence-corrected chi connectivity index (χ0v) is 12.5. The number of rotatable bonds is 6. The molecule has 0 amide bonds. The minimum atomic E-state index is -4.29. The third-order valence-electron chi connectivity index (χ3n) is 3.23. The van der Waals surface area contributed by atoms with Crippen molar-refractivity contribution in [1.82, 2.24) is 20.1 Å². The maximum absolute atomic E-state index is 12.9. The van der Waals surface area contributed by atoms with Crippen LogP contribution >= 0.6 is 0 Å². The van der Waals surface area contributed by atoms with Crippen molar-refractivity contribution in [3.05, 3.63) is 48.2 Å². The highest BCUT2D eigenvalue weighted by atomic mass is 19.4. The summed E-state index contributed by atoms with van der Waals surface area (Å²) in [7, 11) is 0. The standard InChI is InChI=1S/C15H15F5N4/c1-2-12-22-23-14(13(16)17)24(12)8-7-10-3-5-11(6-4-10)21-9-15(18,19)20/h2-3,5-8,10,13,21H,1,4,9H2/b8-7+. The molecule has 2 rings (SSSR count). The van der Waals surface area contributed by atoms with Gasteiger partial charge in [-0.15, -0.1) is 10.2 Å². The Morgan fingerprint density at radius 2 is 2.12 bits per heavy atom. The van der Waals surface area contributed by atoms with Gasteiger partial charge in [0.1, 0.15) is 6.54 Å². The summed E-state index contributed by atoms with van der Waals surface area (Å²) in [6.07, 6.45) is 2.58. The second-order valence-corrected chi connectivity index (χ2v) is 5.02. The van der Waals surface area contributed by atoms with Gasteiger partial charge >= 0.3 is 6.18 Å². The van der Waals surface area contributed by atoms with Gasteiger partial charge in [-0.25, -0.2) is 8.78 Å². The quantitative estimate of drug-likeness (QED) is 0.794. The summed E-state index contributed by atoms with van der Waals surface area (Å²) < 4.78 is 63.2. The molecule has 1 aliphatic carbocycles. The van der Waals surface area contributed by atoms with Crippen LogP contribution in [0.5, 0.6) is 0 Å². The van der Waals surface area contributed by atoms with Crippen molar-refractivity contribution >= 4 is 12.3 Å². The number of allylic oxidation sites excluding steroid dienone is 4. The van der Waals surface area contributed by atoms with Crippen molar-refractivity contribution in [2.75, 3.05) is 6.54 Å². The SMILES string of the molecule is C=Cc1nnc(C(F)F)n1/C=C/C1C=CC(NCC(F)(F)F)=CC1. The van der Waals surface area contributed by atoms with Crippen LogP contribution in [-0.4, -0.2) is 27.5 Å². The molecule has 130 valence electrons. The van der Waals surface area contributed by atoms with Gasteiger partial charge in [-0.3, -0.25) is 4.57 Å². The minimum Gasteiger partial charge on any atom is -0.377 e. The molecule has 0 spiro atoms. The lowest BCUT2D eigenvalue weighted by Crippen LogP contribution is -2.28. The summed E-state index contributed by atoms with van der Waals surface area (Å²) in [4.78, 5) is 0. The van der Waals surface area contributed by atoms with E-state index in [9.17, 15) is 22.0 Å². The van der Waals surface area contributed by atoms with Crippen LogP contribution in [0.4, 0.5) is 22.0 Å². The van der Waals surface area contributed by atoms with E-state index < -0.39 is 25.0 Å². The maximum atomic E-state index is 12.9. The van der Waals surface area contributed by atoms with Crippen LogP contribution in [0, 0.1) is 5.92 Å². The summed E-state index contributed by atoms with van der Waals surface area (Å²) >= 11 is 0. The highest BCUT2D eigenvalue weighted by Crippen LogP contribution is 2.21. The van der Waals surface area contributed by atoms with E-state index in [1.54, 1.807) is 18.2 Å². The number of hydrogen-bond donors (Lipinski definition) is 1. The molecule has 24 heavy (non-hydrogen) atoms. The average Bonchev–Trinajstić information content (AvgIpc) is 2.94. The summed E-state index contributed by atoms with van der Waals surface area (Å²) in [6, 6.07) is 0. The summed E-state index contributed by atoms with van der Waals surface area (Å²) in [5.41, 5.74) is 0.376. The molecule has 0 aromatic carbocycles. The highest BCUT2D eigenvalue weighted by molar-refractivity contribution is 5.43. The van der Waals surface area contributed by atoms with Gasteiger partial charge in [-0.2, -0.15) is 13.2 Å². The molecule has 1 N–H and O–H groups in total. The Morgan fingerprint density at radius 1 is 1.38 bits per heavy atom. The lowest BCUT2D eigenvalue weighted by molar-refractivity contribution is -0.123. The molecule has 0 radical (unpaired) electrons. The van der Waals surface area contributed by atoms with Crippen molar-refractivity contribution in [2.45, 2.75) is 19.0 Å². The molecule has 0 aliphatic heterocycles. The monoisotopic (exact) mass is 346 g/mol. The molecular formula is C15H15F5N4. The largest absolute Gasteiger partial charge is 0.405 e. The number of aromatic nitrogens is 3. The number of halogens is 5. The Labute approximate surface area is 135 Å². The fraction of sp³-hybridized carbons (Fsp3) is 0.333. The van der Waals surface area contributed by atoms with E-state index in [2.05, 4.69) is 22.1 Å². The number of nitrogens with zero attached hydrogens (tertiary/aromatic N) is 3. The minimum absolute atomic E-state index is 0.132. The fourth-order valence-electron chi connectivity index (χ4n) is 2.07. The molecule has 1 aromatic rings. The Balaban J connectivity index is 2.01. The lowest BCUT2D eigenvalue weighted by Gasteiger charge is -2.15. The summed E-state index contributed by atoms with van der Waals surface area (Å²) in [5, 5.41) is 9.28. The number of nitrogens with one attached hydrogen (secondary N) is 1. The Bertz CT molecular complexity index is 670. The predicted molar refractivity (Wildman–Crippen MR) is 79.8 cm³/mol. The molecule has 1 heterocycles. The molecule has 4 nitrogen and oxygen atoms in total. The predicted octanol–water partition coefficient (Wildman–Crippen LogP) is 3.94. The molecule has 1 aliphatic rings. The average molecular weight is 346 g/mol. The molecule has 0 bridgehead atoms. The van der Waals surface area contributed by atoms with Gasteiger partial charge in [-0.05, 0) is 18.6 Å². The normalized spacial score (nSPS) is 18.2. The van der Waals surface area contributed by atoms with E-state index in [1.165, 1.54) is 18.4 Å². The van der Waals surface area contributed by atoms with E-state index in [-0.39, 0.29) is 11.7 Å². The smallest absolute Gasteiger partial charge is 0.377 e. The Morgan fingerprint density at radius 3 is 2.67 bits per heavy atom. The maximum Gasteiger partial charge on any atom is 0.405 e. The van der Waals surface area contributed by atoms with E-state index in [0.29, 0.717) is 12.1 Å². The van der Waals surface area contributed by atoms with Crippen LogP contribution in [-0.2, 0) is 0 Å². The lowest BCUT2D eigenvalue weighted by atomic mass is 9.99. The van der Waals surface area contributed by atoms with Gasteiger partial charge < -0.3 is 5.32 Å². The molecule has 0 saturated heterocycles. The first-order chi connectivity index (χ1) is 11.3. The van der Waals surface area contributed by atoms with Crippen molar-refractivity contribution in [3.8, 4) is 0 Å². The summed E-state index contributed by atoms with van der Waals surface area (Å²) in [5.74, 6) is -0.444. The summed E-state index contributed by atoms with van der Waals surface area (Å²) in [6.45, 7) is 2.38. The molecule has 1 atom stereocenters. The van der Waals surface area contributed by atoms with Crippen molar-refractivity contribution in [1.29, 1.82) is 0 Å². The Kier molecular flexibility index (Phi) is 5.53. The van der Waals surface area contributed by atoms with E-state index in [1.807, 2.05) is 0 Å². The van der Waals surface area contributed by atoms with Crippen LogP contribution in [0.2, 0.25) is 0 Å². The van der Waals surface area contributed by atoms with Crippen molar-refractivity contribution in [3.63, 3.8) is 0 Å². The molecule has 0 saturated carbocycles. The number of hydrogen-bond acceptors (Lipinski definition) is 3. The zero-order valence-electron chi connectivity index (χ0n) is 12.5. The number of alkyl halides is 5. The van der Waals surface area contributed by atoms with Gasteiger partial charge in [0.2, 0.25) is 5.82 Å². The van der Waals surface area contributed by atoms with Gasteiger partial charge in [0.25, 0.3) is 6.43 Å². The zero-order chi connectivity index (χ0) is 17.7. The van der Waals surface area contributed by atoms with E-state index in [0.717, 1.165) is 4.57 Å². The van der Waals surface area contributed by atoms with Gasteiger partial charge in [-0.1, -0.05) is 24.8 Å². The first-order valence-electron chi connectivity index (χ1n) is 7.03. The van der Waals surface area contributed by atoms with Crippen LogP contribution in [0.3, 0.4) is 0 Å². The second-order valence-electron chi connectivity index (χ2n) is 5.02. The van der Waals surface area contributed by atoms with E-state index >= 15 is 0 Å².